The molecule has 0 amide bonds. The summed E-state index contributed by atoms with van der Waals surface area (Å²) in [4.78, 5) is 0. The number of rotatable bonds is 2. The summed E-state index contributed by atoms with van der Waals surface area (Å²) in [6.07, 6.45) is 8.24. The van der Waals surface area contributed by atoms with Crippen LogP contribution in [0.3, 0.4) is 0 Å². The maximum Gasteiger partial charge on any atom is 0.0416 e. The molecular weight excluding hydrogens is 218 g/mol. The molecule has 0 atom stereocenters. The van der Waals surface area contributed by atoms with Gasteiger partial charge in [-0.25, -0.2) is 0 Å². The zero-order valence-corrected chi connectivity index (χ0v) is 11.7. The summed E-state index contributed by atoms with van der Waals surface area (Å²) in [5.41, 5.74) is 5.05. The fourth-order valence-corrected chi connectivity index (χ4v) is 2.02. The van der Waals surface area contributed by atoms with E-state index in [0.29, 0.717) is 0 Å². The molecule has 0 saturated carbocycles. The molecule has 2 rings (SSSR count). The number of hydrogen-bond donors (Lipinski definition) is 1. The van der Waals surface area contributed by atoms with E-state index >= 15 is 0 Å². The first-order valence-corrected chi connectivity index (χ1v) is 6.68. The Bertz CT molecular complexity index is 452. The van der Waals surface area contributed by atoms with E-state index in [2.05, 4.69) is 48.3 Å². The van der Waals surface area contributed by atoms with Crippen molar-refractivity contribution in [1.82, 2.24) is 0 Å². The Morgan fingerprint density at radius 1 is 1.17 bits per heavy atom. The average Bonchev–Trinajstić information content (AvgIpc) is 2.60. The Labute approximate surface area is 111 Å². The van der Waals surface area contributed by atoms with Crippen LogP contribution in [-0.4, -0.2) is 0 Å². The minimum absolute atomic E-state index is 1.05. The fourth-order valence-electron chi connectivity index (χ4n) is 2.02. The molecule has 1 N–H and O–H groups in total. The summed E-state index contributed by atoms with van der Waals surface area (Å²) in [5.74, 6) is 0. The predicted molar refractivity (Wildman–Crippen MR) is 81.8 cm³/mol. The van der Waals surface area contributed by atoms with E-state index in [-0.39, 0.29) is 0 Å². The normalized spacial score (nSPS) is 14.2. The second-order valence-corrected chi connectivity index (χ2v) is 3.93. The van der Waals surface area contributed by atoms with Crippen molar-refractivity contribution in [3.8, 4) is 0 Å². The van der Waals surface area contributed by atoms with E-state index in [1.54, 1.807) is 0 Å². The molecular formula is C17H23N. The van der Waals surface area contributed by atoms with Crippen LogP contribution >= 0.6 is 0 Å². The maximum atomic E-state index is 3.89. The van der Waals surface area contributed by atoms with Gasteiger partial charge in [0.25, 0.3) is 0 Å². The van der Waals surface area contributed by atoms with Crippen molar-refractivity contribution in [3.63, 3.8) is 0 Å². The van der Waals surface area contributed by atoms with Crippen LogP contribution in [0, 0.1) is 0 Å². The van der Waals surface area contributed by atoms with Crippen LogP contribution in [0.25, 0.3) is 0 Å². The molecule has 1 nitrogen and oxygen atoms in total. The molecule has 1 aromatic rings. The van der Waals surface area contributed by atoms with Crippen molar-refractivity contribution in [2.75, 3.05) is 5.32 Å². The highest BCUT2D eigenvalue weighted by Crippen LogP contribution is 2.27. The minimum Gasteiger partial charge on any atom is -0.355 e. The van der Waals surface area contributed by atoms with Gasteiger partial charge in [-0.15, -0.1) is 0 Å². The number of aryl methyl sites for hydroxylation is 1. The Hall–Kier alpha value is -1.76. The largest absolute Gasteiger partial charge is 0.355 e. The molecule has 0 spiro atoms. The molecule has 1 aliphatic rings. The fraction of sp³-hybridized carbons (Fsp3) is 0.294. The summed E-state index contributed by atoms with van der Waals surface area (Å²) >= 11 is 0. The van der Waals surface area contributed by atoms with Crippen LogP contribution in [0.15, 0.2) is 60.3 Å². The summed E-state index contributed by atoms with van der Waals surface area (Å²) < 4.78 is 0. The van der Waals surface area contributed by atoms with Crippen LogP contribution in [0.1, 0.15) is 32.8 Å². The lowest BCUT2D eigenvalue weighted by Gasteiger charge is -2.09. The van der Waals surface area contributed by atoms with Crippen molar-refractivity contribution >= 4 is 5.69 Å². The van der Waals surface area contributed by atoms with Gasteiger partial charge in [-0.3, -0.25) is 0 Å². The predicted octanol–water partition coefficient (Wildman–Crippen LogP) is 5.09. The summed E-state index contributed by atoms with van der Waals surface area (Å²) in [5, 5.41) is 3.48. The molecule has 0 saturated heterocycles. The van der Waals surface area contributed by atoms with Gasteiger partial charge in [-0.05, 0) is 43.0 Å². The Morgan fingerprint density at radius 2 is 1.89 bits per heavy atom. The standard InChI is InChI=1S/C15H17N.C2H6/c1-3-7-14-12(4-2)10-11-13-8-5-6-9-15(13)16-14;1-2/h3-9,16H,2,10-11H2,1H3;1-2H3/b7-3-;. The molecule has 1 aliphatic heterocycles. The first-order valence-electron chi connectivity index (χ1n) is 6.68. The van der Waals surface area contributed by atoms with Crippen molar-refractivity contribution in [2.24, 2.45) is 0 Å². The molecule has 0 unspecified atom stereocenters. The van der Waals surface area contributed by atoms with Crippen molar-refractivity contribution in [3.05, 3.63) is 65.9 Å². The highest BCUT2D eigenvalue weighted by atomic mass is 14.9. The van der Waals surface area contributed by atoms with Crippen LogP contribution < -0.4 is 5.32 Å². The zero-order valence-electron chi connectivity index (χ0n) is 11.7. The van der Waals surface area contributed by atoms with Crippen LogP contribution in [-0.2, 0) is 6.42 Å². The van der Waals surface area contributed by atoms with Gasteiger partial charge in [0, 0.05) is 11.4 Å². The molecule has 0 fully saturated rings. The summed E-state index contributed by atoms with van der Waals surface area (Å²) in [6.45, 7) is 9.92. The molecule has 0 aromatic heterocycles. The molecule has 1 aromatic carbocycles. The van der Waals surface area contributed by atoms with Gasteiger partial charge in [0.15, 0.2) is 0 Å². The number of allylic oxidation sites excluding steroid dienone is 4. The topological polar surface area (TPSA) is 12.0 Å². The number of nitrogens with one attached hydrogen (secondary N) is 1. The van der Waals surface area contributed by atoms with E-state index in [0.717, 1.165) is 12.8 Å². The summed E-state index contributed by atoms with van der Waals surface area (Å²) in [7, 11) is 0. The minimum atomic E-state index is 1.05. The molecule has 1 heteroatoms. The molecule has 18 heavy (non-hydrogen) atoms. The Kier molecular flexibility index (Phi) is 5.99. The van der Waals surface area contributed by atoms with Crippen molar-refractivity contribution in [1.29, 1.82) is 0 Å². The van der Waals surface area contributed by atoms with Gasteiger partial charge < -0.3 is 5.32 Å². The summed E-state index contributed by atoms with van der Waals surface area (Å²) in [6, 6.07) is 8.47. The lowest BCUT2D eigenvalue weighted by atomic mass is 10.0. The van der Waals surface area contributed by atoms with Gasteiger partial charge >= 0.3 is 0 Å². The highest BCUT2D eigenvalue weighted by molar-refractivity contribution is 5.60. The lowest BCUT2D eigenvalue weighted by Crippen LogP contribution is -1.98. The molecule has 1 heterocycles. The smallest absolute Gasteiger partial charge is 0.0416 e. The van der Waals surface area contributed by atoms with Gasteiger partial charge in [-0.2, -0.15) is 0 Å². The number of fused-ring (bicyclic) bond motifs is 1. The van der Waals surface area contributed by atoms with Gasteiger partial charge in [0.05, 0.1) is 0 Å². The number of benzene rings is 1. The maximum absolute atomic E-state index is 3.89. The van der Waals surface area contributed by atoms with E-state index in [9.17, 15) is 0 Å². The van der Waals surface area contributed by atoms with Crippen LogP contribution in [0.5, 0.6) is 0 Å². The first-order chi connectivity index (χ1) is 8.85. The van der Waals surface area contributed by atoms with Crippen LogP contribution in [0.2, 0.25) is 0 Å². The van der Waals surface area contributed by atoms with E-state index < -0.39 is 0 Å². The third-order valence-corrected chi connectivity index (χ3v) is 2.88. The second-order valence-electron chi connectivity index (χ2n) is 3.93. The number of para-hydroxylation sites is 1. The Morgan fingerprint density at radius 3 is 2.56 bits per heavy atom. The van der Waals surface area contributed by atoms with Crippen LogP contribution in [0.4, 0.5) is 5.69 Å². The zero-order chi connectivity index (χ0) is 13.4. The van der Waals surface area contributed by atoms with Gasteiger partial charge in [0.2, 0.25) is 0 Å². The van der Waals surface area contributed by atoms with Crippen molar-refractivity contribution < 1.29 is 0 Å². The molecule has 0 aliphatic carbocycles. The van der Waals surface area contributed by atoms with Crippen molar-refractivity contribution in [2.45, 2.75) is 33.6 Å². The average molecular weight is 241 g/mol. The molecule has 0 bridgehead atoms. The lowest BCUT2D eigenvalue weighted by molar-refractivity contribution is 0.974. The number of anilines is 1. The molecule has 96 valence electrons. The monoisotopic (exact) mass is 241 g/mol. The Balaban J connectivity index is 0.000000771. The number of hydrogen-bond acceptors (Lipinski definition) is 1. The SMILES string of the molecule is C=CC1=C(/C=C\C)Nc2ccccc2CC1.CC. The quantitative estimate of drug-likeness (QED) is 0.760. The second kappa shape index (κ2) is 7.54. The van der Waals surface area contributed by atoms with E-state index in [4.69, 9.17) is 0 Å². The third-order valence-electron chi connectivity index (χ3n) is 2.88. The van der Waals surface area contributed by atoms with Gasteiger partial charge in [-0.1, -0.05) is 50.8 Å². The first kappa shape index (κ1) is 14.3. The highest BCUT2D eigenvalue weighted by Gasteiger charge is 2.10. The molecule has 0 radical (unpaired) electrons. The van der Waals surface area contributed by atoms with E-state index in [1.807, 2.05) is 26.8 Å². The van der Waals surface area contributed by atoms with E-state index in [1.165, 1.54) is 22.5 Å². The third kappa shape index (κ3) is 3.36. The van der Waals surface area contributed by atoms with Gasteiger partial charge in [0.1, 0.15) is 0 Å².